The monoisotopic (exact) mass is 214 g/mol. The molecule has 5 heteroatoms. The Morgan fingerprint density at radius 2 is 2.13 bits per heavy atom. The Labute approximate surface area is 89.5 Å². The zero-order valence-electron chi connectivity index (χ0n) is 9.02. The quantitative estimate of drug-likeness (QED) is 0.621. The van der Waals surface area contributed by atoms with Gasteiger partial charge in [0.1, 0.15) is 0 Å². The van der Waals surface area contributed by atoms with Gasteiger partial charge >= 0.3 is 0 Å². The van der Waals surface area contributed by atoms with Gasteiger partial charge in [-0.3, -0.25) is 4.79 Å². The van der Waals surface area contributed by atoms with E-state index in [9.17, 15) is 4.79 Å². The summed E-state index contributed by atoms with van der Waals surface area (Å²) in [6.45, 7) is 4.87. The Morgan fingerprint density at radius 3 is 2.73 bits per heavy atom. The van der Waals surface area contributed by atoms with Crippen LogP contribution in [0.5, 0.6) is 0 Å². The third-order valence-corrected chi connectivity index (χ3v) is 3.09. The van der Waals surface area contributed by atoms with E-state index >= 15 is 0 Å². The van der Waals surface area contributed by atoms with Gasteiger partial charge in [0.2, 0.25) is 5.91 Å². The molecule has 2 aliphatic rings. The van der Waals surface area contributed by atoms with Crippen molar-refractivity contribution >= 4 is 5.91 Å². The van der Waals surface area contributed by atoms with Gasteiger partial charge in [0, 0.05) is 12.6 Å². The summed E-state index contributed by atoms with van der Waals surface area (Å²) >= 11 is 0. The van der Waals surface area contributed by atoms with Crippen molar-refractivity contribution in [1.82, 2.24) is 4.90 Å². The van der Waals surface area contributed by atoms with Crippen molar-refractivity contribution in [3.63, 3.8) is 0 Å². The summed E-state index contributed by atoms with van der Waals surface area (Å²) in [6, 6.07) is 0.00611. The molecule has 2 N–H and O–H groups in total. The van der Waals surface area contributed by atoms with Gasteiger partial charge in [0.15, 0.2) is 0 Å². The Hall–Kier alpha value is -0.650. The third-order valence-electron chi connectivity index (χ3n) is 3.09. The van der Waals surface area contributed by atoms with E-state index in [1.165, 1.54) is 0 Å². The molecule has 2 saturated heterocycles. The van der Waals surface area contributed by atoms with Crippen molar-refractivity contribution < 1.29 is 14.3 Å². The molecule has 15 heavy (non-hydrogen) atoms. The second-order valence-corrected chi connectivity index (χ2v) is 4.26. The molecule has 86 valence electrons. The van der Waals surface area contributed by atoms with Gasteiger partial charge in [-0.05, 0) is 6.92 Å². The molecule has 2 rings (SSSR count). The first kappa shape index (κ1) is 10.9. The Balaban J connectivity index is 1.99. The van der Waals surface area contributed by atoms with E-state index in [4.69, 9.17) is 15.2 Å². The number of amides is 1. The maximum absolute atomic E-state index is 12.1. The Bertz CT molecular complexity index is 247. The maximum Gasteiger partial charge on any atom is 0.230 e. The molecule has 2 unspecified atom stereocenters. The van der Waals surface area contributed by atoms with E-state index in [0.29, 0.717) is 33.0 Å². The van der Waals surface area contributed by atoms with Crippen LogP contribution in [0.4, 0.5) is 0 Å². The zero-order valence-corrected chi connectivity index (χ0v) is 9.02. The van der Waals surface area contributed by atoms with E-state index in [1.807, 2.05) is 11.8 Å². The summed E-state index contributed by atoms with van der Waals surface area (Å²) in [5.41, 5.74) is 5.83. The molecule has 0 aromatic rings. The number of rotatable bonds is 1. The van der Waals surface area contributed by atoms with Gasteiger partial charge in [-0.25, -0.2) is 0 Å². The second kappa shape index (κ2) is 4.47. The number of carbonyl (C=O) groups excluding carboxylic acids is 1. The smallest absolute Gasteiger partial charge is 0.230 e. The van der Waals surface area contributed by atoms with Gasteiger partial charge in [-0.15, -0.1) is 0 Å². The van der Waals surface area contributed by atoms with Crippen LogP contribution >= 0.6 is 0 Å². The normalized spacial score (nSPS) is 36.9. The first-order valence-corrected chi connectivity index (χ1v) is 5.41. The molecule has 1 amide bonds. The highest BCUT2D eigenvalue weighted by atomic mass is 16.5. The standard InChI is InChI=1S/C10H18N2O3/c1-7-4-14-3-2-12(7)10(13)8-5-15-6-9(8)11/h7-9H,2-6,11H2,1H3/t7-,8?,9?/m1/s1. The molecule has 0 aromatic heterocycles. The van der Waals surface area contributed by atoms with Crippen LogP contribution in [-0.4, -0.2) is 55.9 Å². The number of hydrogen-bond donors (Lipinski definition) is 1. The van der Waals surface area contributed by atoms with Crippen LogP contribution in [0.2, 0.25) is 0 Å². The summed E-state index contributed by atoms with van der Waals surface area (Å²) < 4.78 is 10.5. The van der Waals surface area contributed by atoms with Gasteiger partial charge < -0.3 is 20.1 Å². The summed E-state index contributed by atoms with van der Waals surface area (Å²) in [6.07, 6.45) is 0. The fraction of sp³-hybridized carbons (Fsp3) is 0.900. The highest BCUT2D eigenvalue weighted by Gasteiger charge is 2.36. The maximum atomic E-state index is 12.1. The number of nitrogens with two attached hydrogens (primary N) is 1. The largest absolute Gasteiger partial charge is 0.379 e. The van der Waals surface area contributed by atoms with Crippen molar-refractivity contribution in [3.05, 3.63) is 0 Å². The fourth-order valence-electron chi connectivity index (χ4n) is 2.09. The summed E-state index contributed by atoms with van der Waals surface area (Å²) in [7, 11) is 0. The predicted octanol–water partition coefficient (Wildman–Crippen LogP) is -0.793. The lowest BCUT2D eigenvalue weighted by Crippen LogP contribution is -2.52. The van der Waals surface area contributed by atoms with Gasteiger partial charge in [-0.1, -0.05) is 0 Å². The molecule has 0 aromatic carbocycles. The summed E-state index contributed by atoms with van der Waals surface area (Å²) in [5, 5.41) is 0. The molecule has 2 aliphatic heterocycles. The van der Waals surface area contributed by atoms with Crippen molar-refractivity contribution in [2.75, 3.05) is 33.0 Å². The SMILES string of the molecule is C[C@@H]1COCCN1C(=O)C1COCC1N. The number of ether oxygens (including phenoxy) is 2. The number of nitrogens with zero attached hydrogens (tertiary/aromatic N) is 1. The molecule has 0 spiro atoms. The lowest BCUT2D eigenvalue weighted by atomic mass is 10.0. The molecule has 0 saturated carbocycles. The number of morpholine rings is 1. The van der Waals surface area contributed by atoms with Gasteiger partial charge in [0.05, 0.1) is 38.4 Å². The van der Waals surface area contributed by atoms with Crippen LogP contribution in [0.25, 0.3) is 0 Å². The van der Waals surface area contributed by atoms with E-state index < -0.39 is 0 Å². The van der Waals surface area contributed by atoms with Crippen molar-refractivity contribution in [2.45, 2.75) is 19.0 Å². The molecule has 2 fully saturated rings. The van der Waals surface area contributed by atoms with Gasteiger partial charge in [-0.2, -0.15) is 0 Å². The van der Waals surface area contributed by atoms with Crippen molar-refractivity contribution in [1.29, 1.82) is 0 Å². The van der Waals surface area contributed by atoms with E-state index in [0.717, 1.165) is 0 Å². The minimum Gasteiger partial charge on any atom is -0.379 e. The minimum absolute atomic E-state index is 0.121. The minimum atomic E-state index is -0.162. The number of carbonyl (C=O) groups is 1. The van der Waals surface area contributed by atoms with E-state index in [2.05, 4.69) is 0 Å². The molecule has 2 heterocycles. The summed E-state index contributed by atoms with van der Waals surface area (Å²) in [5.74, 6) is -0.0404. The third kappa shape index (κ3) is 2.14. The molecular weight excluding hydrogens is 196 g/mol. The van der Waals surface area contributed by atoms with Crippen LogP contribution in [0.15, 0.2) is 0 Å². The molecule has 0 aliphatic carbocycles. The average molecular weight is 214 g/mol. The lowest BCUT2D eigenvalue weighted by molar-refractivity contribution is -0.143. The topological polar surface area (TPSA) is 64.8 Å². The first-order chi connectivity index (χ1) is 7.20. The zero-order chi connectivity index (χ0) is 10.8. The molecule has 0 bridgehead atoms. The molecule has 3 atom stereocenters. The summed E-state index contributed by atoms with van der Waals surface area (Å²) in [4.78, 5) is 14.0. The molecular formula is C10H18N2O3. The van der Waals surface area contributed by atoms with Crippen LogP contribution in [0.1, 0.15) is 6.92 Å². The fourth-order valence-corrected chi connectivity index (χ4v) is 2.09. The van der Waals surface area contributed by atoms with Crippen LogP contribution < -0.4 is 5.73 Å². The van der Waals surface area contributed by atoms with Crippen LogP contribution in [0, 0.1) is 5.92 Å². The number of hydrogen-bond acceptors (Lipinski definition) is 4. The lowest BCUT2D eigenvalue weighted by Gasteiger charge is -2.35. The highest BCUT2D eigenvalue weighted by molar-refractivity contribution is 5.80. The second-order valence-electron chi connectivity index (χ2n) is 4.26. The van der Waals surface area contributed by atoms with Crippen molar-refractivity contribution in [3.8, 4) is 0 Å². The highest BCUT2D eigenvalue weighted by Crippen LogP contribution is 2.18. The van der Waals surface area contributed by atoms with E-state index in [-0.39, 0.29) is 23.9 Å². The Morgan fingerprint density at radius 1 is 1.33 bits per heavy atom. The van der Waals surface area contributed by atoms with Gasteiger partial charge in [0.25, 0.3) is 0 Å². The van der Waals surface area contributed by atoms with Crippen LogP contribution in [0.3, 0.4) is 0 Å². The Kier molecular flexibility index (Phi) is 3.23. The predicted molar refractivity (Wildman–Crippen MR) is 54.3 cm³/mol. The van der Waals surface area contributed by atoms with E-state index in [1.54, 1.807) is 0 Å². The molecule has 0 radical (unpaired) electrons. The molecule has 5 nitrogen and oxygen atoms in total. The van der Waals surface area contributed by atoms with Crippen molar-refractivity contribution in [2.24, 2.45) is 11.7 Å². The average Bonchev–Trinajstić information content (AvgIpc) is 2.64. The first-order valence-electron chi connectivity index (χ1n) is 5.41. The van der Waals surface area contributed by atoms with Crippen LogP contribution in [-0.2, 0) is 14.3 Å².